The summed E-state index contributed by atoms with van der Waals surface area (Å²) in [7, 11) is 0. The van der Waals surface area contributed by atoms with E-state index in [0.29, 0.717) is 5.56 Å². The Kier molecular flexibility index (Phi) is 11.4. The van der Waals surface area contributed by atoms with E-state index in [1.807, 2.05) is 0 Å². The molecule has 12 nitrogen and oxygen atoms in total. The number of hydrogen-bond acceptors (Lipinski definition) is 7. The van der Waals surface area contributed by atoms with Crippen LogP contribution in [0.2, 0.25) is 0 Å². The van der Waals surface area contributed by atoms with Crippen molar-refractivity contribution in [2.75, 3.05) is 0 Å². The Morgan fingerprint density at radius 2 is 1.24 bits per heavy atom. The van der Waals surface area contributed by atoms with Crippen LogP contribution < -0.4 is 21.7 Å². The van der Waals surface area contributed by atoms with Gasteiger partial charge in [0.25, 0.3) is 0 Å². The summed E-state index contributed by atoms with van der Waals surface area (Å²) in [6.07, 6.45) is -2.23. The van der Waals surface area contributed by atoms with Crippen LogP contribution in [0.15, 0.2) is 60.7 Å². The van der Waals surface area contributed by atoms with Gasteiger partial charge in [0.1, 0.15) is 18.1 Å². The monoisotopic (exact) mass is 528 g/mol. The van der Waals surface area contributed by atoms with Gasteiger partial charge < -0.3 is 37.0 Å². The minimum atomic E-state index is -1.69. The number of nitrogens with two attached hydrogens (primary N) is 1. The zero-order chi connectivity index (χ0) is 28.2. The van der Waals surface area contributed by atoms with Crippen LogP contribution >= 0.6 is 0 Å². The van der Waals surface area contributed by atoms with Crippen LogP contribution in [-0.2, 0) is 36.8 Å². The van der Waals surface area contributed by atoms with Crippen LogP contribution in [0.3, 0.4) is 0 Å². The first kappa shape index (κ1) is 29.9. The fourth-order valence-electron chi connectivity index (χ4n) is 3.59. The van der Waals surface area contributed by atoms with E-state index in [0.717, 1.165) is 5.56 Å². The number of carboxylic acids is 2. The highest BCUT2D eigenvalue weighted by atomic mass is 16.4. The van der Waals surface area contributed by atoms with Crippen LogP contribution in [-0.4, -0.2) is 75.3 Å². The van der Waals surface area contributed by atoms with Gasteiger partial charge >= 0.3 is 11.9 Å². The van der Waals surface area contributed by atoms with Gasteiger partial charge in [0.05, 0.1) is 18.6 Å². The van der Waals surface area contributed by atoms with Crippen molar-refractivity contribution in [3.8, 4) is 0 Å². The normalized spacial score (nSPS) is 14.7. The molecule has 38 heavy (non-hydrogen) atoms. The molecular weight excluding hydrogens is 496 g/mol. The van der Waals surface area contributed by atoms with E-state index in [4.69, 9.17) is 5.73 Å². The van der Waals surface area contributed by atoms with Gasteiger partial charge in [-0.25, -0.2) is 4.79 Å². The number of nitrogens with one attached hydrogen (secondary N) is 3. The molecule has 3 amide bonds. The van der Waals surface area contributed by atoms with Crippen LogP contribution in [0.4, 0.5) is 0 Å². The molecule has 0 spiro atoms. The lowest BCUT2D eigenvalue weighted by Gasteiger charge is -2.26. The molecule has 0 bridgehead atoms. The third-order valence-electron chi connectivity index (χ3n) is 5.61. The molecule has 2 rings (SSSR count). The number of carbonyl (C=O) groups is 5. The van der Waals surface area contributed by atoms with Gasteiger partial charge in [-0.05, 0) is 24.5 Å². The zero-order valence-electron chi connectivity index (χ0n) is 20.7. The number of carbonyl (C=O) groups excluding carboxylic acids is 3. The van der Waals surface area contributed by atoms with Crippen LogP contribution in [0.1, 0.15) is 24.5 Å². The second-order valence-electron chi connectivity index (χ2n) is 8.77. The average Bonchev–Trinajstić information content (AvgIpc) is 2.86. The molecule has 0 radical (unpaired) electrons. The first-order valence-corrected chi connectivity index (χ1v) is 11.8. The molecule has 0 aliphatic heterocycles. The molecule has 0 aliphatic carbocycles. The molecular formula is C26H32N4O8. The molecule has 0 heterocycles. The number of aliphatic hydroxyl groups excluding tert-OH is 1. The highest BCUT2D eigenvalue weighted by Gasteiger charge is 2.33. The third-order valence-corrected chi connectivity index (χ3v) is 5.61. The molecule has 5 unspecified atom stereocenters. The zero-order valence-corrected chi connectivity index (χ0v) is 20.7. The van der Waals surface area contributed by atoms with Gasteiger partial charge in [-0.1, -0.05) is 60.7 Å². The number of amides is 3. The van der Waals surface area contributed by atoms with Gasteiger partial charge in [-0.15, -0.1) is 0 Å². The van der Waals surface area contributed by atoms with Crippen molar-refractivity contribution in [3.63, 3.8) is 0 Å². The van der Waals surface area contributed by atoms with Crippen molar-refractivity contribution in [2.24, 2.45) is 5.73 Å². The second kappa shape index (κ2) is 14.4. The number of benzene rings is 2. The maximum atomic E-state index is 12.9. The summed E-state index contributed by atoms with van der Waals surface area (Å²) < 4.78 is 0. The minimum absolute atomic E-state index is 0.0820. The van der Waals surface area contributed by atoms with Gasteiger partial charge in [0.2, 0.25) is 17.7 Å². The lowest BCUT2D eigenvalue weighted by Crippen LogP contribution is -2.60. The predicted molar refractivity (Wildman–Crippen MR) is 136 cm³/mol. The SMILES string of the molecule is CC(O)C(NC(=O)C(N)Cc1ccccc1)C(=O)NC(CC(=O)O)C(=O)NC(Cc1ccccc1)C(=O)O. The molecule has 2 aromatic rings. The third kappa shape index (κ3) is 9.64. The summed E-state index contributed by atoms with van der Waals surface area (Å²) in [6, 6.07) is 11.6. The summed E-state index contributed by atoms with van der Waals surface area (Å²) in [5, 5.41) is 35.7. The number of aliphatic carboxylic acids is 2. The fraction of sp³-hybridized carbons (Fsp3) is 0.346. The molecule has 8 N–H and O–H groups in total. The molecule has 0 aliphatic rings. The Balaban J connectivity index is 2.10. The van der Waals surface area contributed by atoms with Crippen LogP contribution in [0.5, 0.6) is 0 Å². The number of rotatable bonds is 14. The van der Waals surface area contributed by atoms with Crippen molar-refractivity contribution >= 4 is 29.7 Å². The summed E-state index contributed by atoms with van der Waals surface area (Å²) in [6.45, 7) is 1.22. The number of carboxylic acid groups (broad SMARTS) is 2. The van der Waals surface area contributed by atoms with E-state index >= 15 is 0 Å². The van der Waals surface area contributed by atoms with Crippen LogP contribution in [0.25, 0.3) is 0 Å². The molecule has 2 aromatic carbocycles. The molecule has 0 fully saturated rings. The van der Waals surface area contributed by atoms with E-state index in [-0.39, 0.29) is 12.8 Å². The van der Waals surface area contributed by atoms with Gasteiger partial charge in [0.15, 0.2) is 0 Å². The van der Waals surface area contributed by atoms with Gasteiger partial charge in [0, 0.05) is 6.42 Å². The highest BCUT2D eigenvalue weighted by Crippen LogP contribution is 2.06. The minimum Gasteiger partial charge on any atom is -0.481 e. The molecule has 0 saturated carbocycles. The summed E-state index contributed by atoms with van der Waals surface area (Å²) in [4.78, 5) is 61.4. The lowest BCUT2D eigenvalue weighted by atomic mass is 10.0. The van der Waals surface area contributed by atoms with E-state index in [9.17, 15) is 39.3 Å². The Morgan fingerprint density at radius 3 is 1.71 bits per heavy atom. The number of aliphatic hydroxyl groups is 1. The summed E-state index contributed by atoms with van der Waals surface area (Å²) >= 11 is 0. The first-order chi connectivity index (χ1) is 18.0. The topological polar surface area (TPSA) is 208 Å². The maximum Gasteiger partial charge on any atom is 0.326 e. The second-order valence-corrected chi connectivity index (χ2v) is 8.77. The Bertz CT molecular complexity index is 1110. The molecule has 0 aromatic heterocycles. The van der Waals surface area contributed by atoms with Crippen molar-refractivity contribution < 1.29 is 39.3 Å². The molecule has 12 heteroatoms. The van der Waals surface area contributed by atoms with E-state index < -0.39 is 66.4 Å². The largest absolute Gasteiger partial charge is 0.481 e. The van der Waals surface area contributed by atoms with Crippen molar-refractivity contribution in [1.82, 2.24) is 16.0 Å². The van der Waals surface area contributed by atoms with Gasteiger partial charge in [-0.2, -0.15) is 0 Å². The van der Waals surface area contributed by atoms with Gasteiger partial charge in [-0.3, -0.25) is 19.2 Å². The fourth-order valence-corrected chi connectivity index (χ4v) is 3.59. The lowest BCUT2D eigenvalue weighted by molar-refractivity contribution is -0.143. The number of hydrogen-bond donors (Lipinski definition) is 7. The van der Waals surface area contributed by atoms with Crippen LogP contribution in [0, 0.1) is 0 Å². The molecule has 5 atom stereocenters. The van der Waals surface area contributed by atoms with Crippen molar-refractivity contribution in [2.45, 2.75) is 56.5 Å². The Labute approximate surface area is 219 Å². The average molecular weight is 529 g/mol. The Morgan fingerprint density at radius 1 is 0.737 bits per heavy atom. The predicted octanol–water partition coefficient (Wildman–Crippen LogP) is -0.806. The quantitative estimate of drug-likeness (QED) is 0.163. The molecule has 0 saturated heterocycles. The van der Waals surface area contributed by atoms with Crippen molar-refractivity contribution in [1.29, 1.82) is 0 Å². The maximum absolute atomic E-state index is 12.9. The van der Waals surface area contributed by atoms with E-state index in [1.54, 1.807) is 60.7 Å². The summed E-state index contributed by atoms with van der Waals surface area (Å²) in [5.41, 5.74) is 7.32. The van der Waals surface area contributed by atoms with Crippen molar-refractivity contribution in [3.05, 3.63) is 71.8 Å². The van der Waals surface area contributed by atoms with E-state index in [2.05, 4.69) is 16.0 Å². The standard InChI is InChI=1S/C26H32N4O8/c1-15(31)22(30-23(34)18(27)12-16-8-4-2-5-9-16)25(36)28-19(14-21(32)33)24(35)29-20(26(37)38)13-17-10-6-3-7-11-17/h2-11,15,18-20,22,31H,12-14,27H2,1H3,(H,28,36)(H,29,35)(H,30,34)(H,32,33)(H,37,38). The summed E-state index contributed by atoms with van der Waals surface area (Å²) in [5.74, 6) is -5.65. The van der Waals surface area contributed by atoms with E-state index in [1.165, 1.54) is 6.92 Å². The Hall–Kier alpha value is -4.29. The molecule has 204 valence electrons. The first-order valence-electron chi connectivity index (χ1n) is 11.8. The smallest absolute Gasteiger partial charge is 0.326 e. The highest BCUT2D eigenvalue weighted by molar-refractivity contribution is 5.95.